The molecule has 0 heterocycles. The van der Waals surface area contributed by atoms with Crippen LogP contribution in [0.3, 0.4) is 0 Å². The number of ether oxygens (including phenoxy) is 1. The largest absolute Gasteiger partial charge is 0.458 e. The van der Waals surface area contributed by atoms with Gasteiger partial charge in [0, 0.05) is 6.08 Å². The third-order valence-corrected chi connectivity index (χ3v) is 0.760. The maximum absolute atomic E-state index is 10.4. The van der Waals surface area contributed by atoms with E-state index in [0.29, 0.717) is 0 Å². The van der Waals surface area contributed by atoms with E-state index in [9.17, 15) is 4.79 Å². The van der Waals surface area contributed by atoms with Crippen molar-refractivity contribution in [2.75, 3.05) is 6.61 Å². The van der Waals surface area contributed by atoms with Crippen LogP contribution in [0.15, 0.2) is 30.5 Å². The molecular weight excluding hydrogens is 128 g/mol. The van der Waals surface area contributed by atoms with Gasteiger partial charge in [-0.1, -0.05) is 6.58 Å². The Bertz CT molecular complexity index is 174. The Hall–Kier alpha value is -1.27. The number of rotatable bonds is 3. The van der Waals surface area contributed by atoms with Crippen LogP contribution >= 0.6 is 0 Å². The molecule has 0 rings (SSSR count). The van der Waals surface area contributed by atoms with E-state index in [-0.39, 0.29) is 6.61 Å². The van der Waals surface area contributed by atoms with Gasteiger partial charge in [0.1, 0.15) is 6.61 Å². The van der Waals surface area contributed by atoms with E-state index < -0.39 is 5.97 Å². The molecule has 0 aromatic carbocycles. The lowest BCUT2D eigenvalue weighted by Gasteiger charge is -1.92. The van der Waals surface area contributed by atoms with Gasteiger partial charge in [0.15, 0.2) is 0 Å². The van der Waals surface area contributed by atoms with Gasteiger partial charge >= 0.3 is 5.97 Å². The monoisotopic (exact) mass is 138 g/mol. The molecule has 0 aliphatic heterocycles. The lowest BCUT2D eigenvalue weighted by molar-refractivity contribution is -0.136. The fraction of sp³-hybridized carbons (Fsp3) is 0.250. The van der Waals surface area contributed by atoms with E-state index in [1.807, 2.05) is 6.92 Å². The average molecular weight is 138 g/mol. The summed E-state index contributed by atoms with van der Waals surface area (Å²) >= 11 is 0. The molecule has 2 heteroatoms. The van der Waals surface area contributed by atoms with Crippen molar-refractivity contribution in [2.45, 2.75) is 6.92 Å². The Morgan fingerprint density at radius 2 is 2.50 bits per heavy atom. The van der Waals surface area contributed by atoms with Crippen molar-refractivity contribution in [1.82, 2.24) is 0 Å². The topological polar surface area (TPSA) is 26.3 Å². The predicted octanol–water partition coefficient (Wildman–Crippen LogP) is 1.45. The van der Waals surface area contributed by atoms with Crippen molar-refractivity contribution in [1.29, 1.82) is 0 Å². The van der Waals surface area contributed by atoms with E-state index in [2.05, 4.69) is 17.0 Å². The molecule has 0 aromatic rings. The highest BCUT2D eigenvalue weighted by Gasteiger charge is 1.88. The summed E-state index contributed by atoms with van der Waals surface area (Å²) in [6.07, 6.45) is 4.49. The fourth-order valence-electron chi connectivity index (χ4n) is 0.349. The van der Waals surface area contributed by atoms with Crippen LogP contribution in [0.2, 0.25) is 0 Å². The summed E-state index contributed by atoms with van der Waals surface area (Å²) in [6, 6.07) is 0. The first-order chi connectivity index (χ1) is 4.81. The molecule has 0 aromatic heterocycles. The zero-order valence-corrected chi connectivity index (χ0v) is 5.96. The molecule has 0 unspecified atom stereocenters. The molecule has 10 heavy (non-hydrogen) atoms. The van der Waals surface area contributed by atoms with Crippen molar-refractivity contribution < 1.29 is 9.53 Å². The molecule has 0 bridgehead atoms. The Labute approximate surface area is 60.5 Å². The second kappa shape index (κ2) is 5.86. The normalized spacial score (nSPS) is 7.30. The number of esters is 1. The van der Waals surface area contributed by atoms with E-state index in [4.69, 9.17) is 0 Å². The maximum atomic E-state index is 10.4. The molecule has 0 fully saturated rings. The van der Waals surface area contributed by atoms with Crippen LogP contribution in [0.4, 0.5) is 0 Å². The summed E-state index contributed by atoms with van der Waals surface area (Å²) < 4.78 is 4.60. The third-order valence-electron chi connectivity index (χ3n) is 0.760. The minimum absolute atomic E-state index is 0.259. The van der Waals surface area contributed by atoms with E-state index in [1.54, 1.807) is 12.2 Å². The highest BCUT2D eigenvalue weighted by Crippen LogP contribution is 1.78. The van der Waals surface area contributed by atoms with Crippen molar-refractivity contribution in [3.8, 4) is 0 Å². The molecule has 0 N–H and O–H groups in total. The average Bonchev–Trinajstić information content (AvgIpc) is 1.98. The van der Waals surface area contributed by atoms with Gasteiger partial charge < -0.3 is 4.74 Å². The first-order valence-corrected chi connectivity index (χ1v) is 2.96. The quantitative estimate of drug-likeness (QED) is 0.335. The van der Waals surface area contributed by atoms with Crippen LogP contribution in [0.25, 0.3) is 0 Å². The maximum Gasteiger partial charge on any atom is 0.330 e. The summed E-state index contributed by atoms with van der Waals surface area (Å²) in [4.78, 5) is 10.4. The highest BCUT2D eigenvalue weighted by molar-refractivity contribution is 5.81. The third kappa shape index (κ3) is 4.88. The molecule has 0 atom stereocenters. The smallest absolute Gasteiger partial charge is 0.330 e. The molecule has 0 aliphatic carbocycles. The van der Waals surface area contributed by atoms with Crippen molar-refractivity contribution in [3.63, 3.8) is 0 Å². The summed E-state index contributed by atoms with van der Waals surface area (Å²) in [7, 11) is 0. The van der Waals surface area contributed by atoms with E-state index >= 15 is 0 Å². The Balaban J connectivity index is 3.46. The van der Waals surface area contributed by atoms with E-state index in [0.717, 1.165) is 6.08 Å². The van der Waals surface area contributed by atoms with Crippen LogP contribution in [0.1, 0.15) is 6.92 Å². The van der Waals surface area contributed by atoms with Crippen molar-refractivity contribution in [3.05, 3.63) is 30.5 Å². The van der Waals surface area contributed by atoms with Gasteiger partial charge in [-0.15, -0.1) is 5.73 Å². The lowest BCUT2D eigenvalue weighted by Crippen LogP contribution is -1.98. The van der Waals surface area contributed by atoms with Crippen molar-refractivity contribution >= 4 is 5.97 Å². The zero-order chi connectivity index (χ0) is 7.82. The second-order valence-electron chi connectivity index (χ2n) is 1.49. The van der Waals surface area contributed by atoms with Gasteiger partial charge in [0.2, 0.25) is 0 Å². The number of carbonyl (C=O) groups is 1. The lowest BCUT2D eigenvalue weighted by atomic mass is 10.5. The van der Waals surface area contributed by atoms with Gasteiger partial charge in [-0.3, -0.25) is 0 Å². The number of carbonyl (C=O) groups excluding carboxylic acids is 1. The highest BCUT2D eigenvalue weighted by atomic mass is 16.5. The van der Waals surface area contributed by atoms with Gasteiger partial charge in [-0.25, -0.2) is 4.79 Å². The standard InChI is InChI=1S/C8H10O2/c1-3-5-6-7-10-8(9)4-2/h3-4,6H,2,7H2,1H3. The zero-order valence-electron chi connectivity index (χ0n) is 5.96. The Morgan fingerprint density at radius 3 is 3.00 bits per heavy atom. The predicted molar refractivity (Wildman–Crippen MR) is 39.5 cm³/mol. The van der Waals surface area contributed by atoms with Crippen LogP contribution in [-0.2, 0) is 9.53 Å². The number of hydrogen-bond acceptors (Lipinski definition) is 2. The molecule has 0 saturated carbocycles. The molecule has 2 nitrogen and oxygen atoms in total. The molecular formula is C8H10O2. The van der Waals surface area contributed by atoms with Gasteiger partial charge in [-0.05, 0) is 19.1 Å². The molecule has 0 amide bonds. The fourth-order valence-corrected chi connectivity index (χ4v) is 0.349. The Kier molecular flexibility index (Phi) is 5.12. The SMILES string of the molecule is C=CC(=O)OCC=C=CC. The molecule has 0 spiro atoms. The summed E-state index contributed by atoms with van der Waals surface area (Å²) in [5, 5.41) is 0. The molecule has 0 aliphatic rings. The molecule has 54 valence electrons. The minimum Gasteiger partial charge on any atom is -0.458 e. The summed E-state index contributed by atoms with van der Waals surface area (Å²) in [5.41, 5.74) is 2.77. The van der Waals surface area contributed by atoms with Gasteiger partial charge in [0.05, 0.1) is 0 Å². The van der Waals surface area contributed by atoms with Crippen LogP contribution in [-0.4, -0.2) is 12.6 Å². The van der Waals surface area contributed by atoms with Gasteiger partial charge in [-0.2, -0.15) is 0 Å². The minimum atomic E-state index is -0.408. The van der Waals surface area contributed by atoms with Gasteiger partial charge in [0.25, 0.3) is 0 Å². The number of hydrogen-bond donors (Lipinski definition) is 0. The first-order valence-electron chi connectivity index (χ1n) is 2.96. The Morgan fingerprint density at radius 1 is 1.80 bits per heavy atom. The van der Waals surface area contributed by atoms with Crippen LogP contribution in [0.5, 0.6) is 0 Å². The molecule has 0 radical (unpaired) electrons. The first kappa shape index (κ1) is 8.73. The van der Waals surface area contributed by atoms with E-state index in [1.165, 1.54) is 0 Å². The summed E-state index contributed by atoms with van der Waals surface area (Å²) in [6.45, 7) is 5.34. The molecule has 0 saturated heterocycles. The van der Waals surface area contributed by atoms with Crippen LogP contribution < -0.4 is 0 Å². The van der Waals surface area contributed by atoms with Crippen LogP contribution in [0, 0.1) is 0 Å². The van der Waals surface area contributed by atoms with Crippen molar-refractivity contribution in [2.24, 2.45) is 0 Å². The summed E-state index contributed by atoms with van der Waals surface area (Å²) in [5.74, 6) is -0.408. The second-order valence-corrected chi connectivity index (χ2v) is 1.49.